The molecule has 2 N–H and O–H groups in total. The maximum absolute atomic E-state index is 11.9. The number of nitrogens with one attached hydrogen (secondary N) is 1. The Morgan fingerprint density at radius 1 is 1.10 bits per heavy atom. The Morgan fingerprint density at radius 3 is 2.33 bits per heavy atom. The lowest BCUT2D eigenvalue weighted by atomic mass is 10.2. The molecule has 21 heavy (non-hydrogen) atoms. The van der Waals surface area contributed by atoms with Crippen molar-refractivity contribution in [2.75, 3.05) is 5.32 Å². The Bertz CT molecular complexity index is 537. The summed E-state index contributed by atoms with van der Waals surface area (Å²) in [6.07, 6.45) is 5.70. The number of carbonyl (C=O) groups excluding carboxylic acids is 1. The largest absolute Gasteiger partial charge is 0.481 e. The Labute approximate surface area is 128 Å². The summed E-state index contributed by atoms with van der Waals surface area (Å²) in [5.41, 5.74) is 0.742. The molecule has 0 heterocycles. The van der Waals surface area contributed by atoms with Crippen molar-refractivity contribution in [1.29, 1.82) is 0 Å². The van der Waals surface area contributed by atoms with Crippen LogP contribution in [0.1, 0.15) is 32.1 Å². The van der Waals surface area contributed by atoms with Crippen LogP contribution in [0, 0.1) is 11.8 Å². The molecule has 3 rings (SSSR count). The number of carbonyl (C=O) groups is 2. The Hall–Kier alpha value is -1.49. The second-order valence-corrected chi connectivity index (χ2v) is 7.20. The number of carboxylic acids is 1. The van der Waals surface area contributed by atoms with Crippen molar-refractivity contribution in [2.24, 2.45) is 11.8 Å². The molecule has 0 aromatic heterocycles. The van der Waals surface area contributed by atoms with Crippen LogP contribution < -0.4 is 5.32 Å². The van der Waals surface area contributed by atoms with E-state index in [0.717, 1.165) is 10.9 Å². The highest BCUT2D eigenvalue weighted by atomic mass is 32.2. The van der Waals surface area contributed by atoms with Crippen LogP contribution in [0.5, 0.6) is 0 Å². The number of hydrogen-bond donors (Lipinski definition) is 2. The first-order valence-electron chi connectivity index (χ1n) is 7.44. The van der Waals surface area contributed by atoms with Gasteiger partial charge in [0.1, 0.15) is 0 Å². The zero-order valence-corrected chi connectivity index (χ0v) is 12.6. The third-order valence-electron chi connectivity index (χ3n) is 4.17. The van der Waals surface area contributed by atoms with Crippen LogP contribution >= 0.6 is 11.8 Å². The average molecular weight is 305 g/mol. The normalized spacial score (nSPS) is 24.8. The second kappa shape index (κ2) is 6.10. The van der Waals surface area contributed by atoms with E-state index in [0.29, 0.717) is 6.42 Å². The zero-order valence-electron chi connectivity index (χ0n) is 11.7. The van der Waals surface area contributed by atoms with Crippen molar-refractivity contribution >= 4 is 29.3 Å². The first kappa shape index (κ1) is 14.4. The van der Waals surface area contributed by atoms with E-state index in [-0.39, 0.29) is 11.8 Å². The SMILES string of the molecule is O=C(O)C1CC1C(=O)Nc1ccc(SC2CCCC2)cc1. The second-order valence-electron chi connectivity index (χ2n) is 5.82. The predicted octanol–water partition coefficient (Wildman–Crippen LogP) is 3.38. The van der Waals surface area contributed by atoms with Gasteiger partial charge in [0.15, 0.2) is 0 Å². The quantitative estimate of drug-likeness (QED) is 0.875. The van der Waals surface area contributed by atoms with E-state index in [2.05, 4.69) is 5.32 Å². The van der Waals surface area contributed by atoms with Gasteiger partial charge >= 0.3 is 5.97 Å². The van der Waals surface area contributed by atoms with Gasteiger partial charge in [0.2, 0.25) is 5.91 Å². The minimum atomic E-state index is -0.876. The van der Waals surface area contributed by atoms with Gasteiger partial charge in [-0.2, -0.15) is 0 Å². The van der Waals surface area contributed by atoms with Gasteiger partial charge in [0, 0.05) is 15.8 Å². The molecule has 2 aliphatic carbocycles. The number of amides is 1. The number of carboxylic acid groups (broad SMARTS) is 1. The fourth-order valence-electron chi connectivity index (χ4n) is 2.81. The molecule has 1 amide bonds. The summed E-state index contributed by atoms with van der Waals surface area (Å²) < 4.78 is 0. The molecule has 0 bridgehead atoms. The molecular weight excluding hydrogens is 286 g/mol. The van der Waals surface area contributed by atoms with Gasteiger partial charge in [0.05, 0.1) is 11.8 Å². The summed E-state index contributed by atoms with van der Waals surface area (Å²) in [6, 6.07) is 7.85. The number of aliphatic carboxylic acids is 1. The van der Waals surface area contributed by atoms with Crippen LogP contribution in [0.2, 0.25) is 0 Å². The molecular formula is C16H19NO3S. The van der Waals surface area contributed by atoms with Crippen LogP contribution in [0.15, 0.2) is 29.2 Å². The summed E-state index contributed by atoms with van der Waals surface area (Å²) in [6.45, 7) is 0. The van der Waals surface area contributed by atoms with E-state index < -0.39 is 11.9 Å². The van der Waals surface area contributed by atoms with Gasteiger partial charge in [-0.25, -0.2) is 0 Å². The molecule has 2 fully saturated rings. The first-order valence-corrected chi connectivity index (χ1v) is 8.32. The Balaban J connectivity index is 1.52. The summed E-state index contributed by atoms with van der Waals surface area (Å²) in [5, 5.41) is 12.4. The van der Waals surface area contributed by atoms with E-state index in [1.54, 1.807) is 0 Å². The van der Waals surface area contributed by atoms with E-state index in [1.165, 1.54) is 30.6 Å². The van der Waals surface area contributed by atoms with Crippen LogP contribution in [0.3, 0.4) is 0 Å². The highest BCUT2D eigenvalue weighted by molar-refractivity contribution is 8.00. The van der Waals surface area contributed by atoms with E-state index in [1.807, 2.05) is 36.0 Å². The lowest BCUT2D eigenvalue weighted by molar-refractivity contribution is -0.139. The van der Waals surface area contributed by atoms with Crippen LogP contribution in [0.4, 0.5) is 5.69 Å². The number of benzene rings is 1. The number of thioether (sulfide) groups is 1. The standard InChI is InChI=1S/C16H19NO3S/c18-15(13-9-14(13)16(19)20)17-10-5-7-12(8-6-10)21-11-3-1-2-4-11/h5-8,11,13-14H,1-4,9H2,(H,17,18)(H,19,20). The molecule has 0 saturated heterocycles. The molecule has 4 nitrogen and oxygen atoms in total. The zero-order chi connectivity index (χ0) is 14.8. The van der Waals surface area contributed by atoms with Gasteiger partial charge in [-0.05, 0) is 43.5 Å². The molecule has 1 aromatic carbocycles. The van der Waals surface area contributed by atoms with Gasteiger partial charge in [-0.15, -0.1) is 11.8 Å². The molecule has 2 saturated carbocycles. The number of anilines is 1. The molecule has 0 aliphatic heterocycles. The molecule has 5 heteroatoms. The lowest BCUT2D eigenvalue weighted by Crippen LogP contribution is -2.16. The van der Waals surface area contributed by atoms with Crippen molar-refractivity contribution in [3.8, 4) is 0 Å². The van der Waals surface area contributed by atoms with E-state index in [9.17, 15) is 9.59 Å². The van der Waals surface area contributed by atoms with Crippen LogP contribution in [-0.2, 0) is 9.59 Å². The summed E-state index contributed by atoms with van der Waals surface area (Å²) in [7, 11) is 0. The molecule has 0 radical (unpaired) electrons. The maximum Gasteiger partial charge on any atom is 0.307 e. The van der Waals surface area contributed by atoms with Gasteiger partial charge in [0.25, 0.3) is 0 Å². The molecule has 112 valence electrons. The summed E-state index contributed by atoms with van der Waals surface area (Å²) >= 11 is 1.91. The summed E-state index contributed by atoms with van der Waals surface area (Å²) in [5.74, 6) is -1.92. The minimum absolute atomic E-state index is 0.182. The number of hydrogen-bond acceptors (Lipinski definition) is 3. The molecule has 0 spiro atoms. The average Bonchev–Trinajstić information content (AvgIpc) is 3.13. The third-order valence-corrected chi connectivity index (χ3v) is 5.52. The Kier molecular flexibility index (Phi) is 4.19. The van der Waals surface area contributed by atoms with E-state index in [4.69, 9.17) is 5.11 Å². The van der Waals surface area contributed by atoms with Crippen molar-refractivity contribution in [3.05, 3.63) is 24.3 Å². The topological polar surface area (TPSA) is 66.4 Å². The van der Waals surface area contributed by atoms with Crippen molar-refractivity contribution in [3.63, 3.8) is 0 Å². The van der Waals surface area contributed by atoms with Gasteiger partial charge in [-0.1, -0.05) is 12.8 Å². The maximum atomic E-state index is 11.9. The van der Waals surface area contributed by atoms with Crippen molar-refractivity contribution < 1.29 is 14.7 Å². The monoisotopic (exact) mass is 305 g/mol. The Morgan fingerprint density at radius 2 is 1.76 bits per heavy atom. The van der Waals surface area contributed by atoms with Crippen LogP contribution in [0.25, 0.3) is 0 Å². The molecule has 1 aromatic rings. The fraction of sp³-hybridized carbons (Fsp3) is 0.500. The highest BCUT2D eigenvalue weighted by Crippen LogP contribution is 2.39. The highest BCUT2D eigenvalue weighted by Gasteiger charge is 2.48. The fourth-order valence-corrected chi connectivity index (χ4v) is 4.06. The van der Waals surface area contributed by atoms with Crippen LogP contribution in [-0.4, -0.2) is 22.2 Å². The lowest BCUT2D eigenvalue weighted by Gasteiger charge is -2.09. The predicted molar refractivity (Wildman–Crippen MR) is 82.4 cm³/mol. The van der Waals surface area contributed by atoms with Gasteiger partial charge in [-0.3, -0.25) is 9.59 Å². The molecule has 2 atom stereocenters. The van der Waals surface area contributed by atoms with Crippen molar-refractivity contribution in [2.45, 2.75) is 42.2 Å². The summed E-state index contributed by atoms with van der Waals surface area (Å²) in [4.78, 5) is 23.9. The van der Waals surface area contributed by atoms with Crippen molar-refractivity contribution in [1.82, 2.24) is 0 Å². The minimum Gasteiger partial charge on any atom is -0.481 e. The first-order chi connectivity index (χ1) is 10.1. The van der Waals surface area contributed by atoms with E-state index >= 15 is 0 Å². The number of rotatable bonds is 5. The van der Waals surface area contributed by atoms with Gasteiger partial charge < -0.3 is 10.4 Å². The third kappa shape index (κ3) is 3.59. The molecule has 2 aliphatic rings. The molecule has 2 unspecified atom stereocenters. The smallest absolute Gasteiger partial charge is 0.307 e.